The lowest BCUT2D eigenvalue weighted by Gasteiger charge is -2.25. The second kappa shape index (κ2) is 8.09. The molecule has 0 saturated carbocycles. The third-order valence-corrected chi connectivity index (χ3v) is 4.77. The fraction of sp³-hybridized carbons (Fsp3) is 0.765. The Morgan fingerprint density at radius 1 is 1.33 bits per heavy atom. The standard InChI is InChI=1S/C17H28N4O3/c1-20(2)16(22)12-21-11-14-5-8-24-15(17(14)19-21)10-18-9-13-3-6-23-7-4-13/h11,13,15,18H,3-10,12H2,1-2H3/t15-/m1/s1. The highest BCUT2D eigenvalue weighted by Crippen LogP contribution is 2.25. The Labute approximate surface area is 143 Å². The number of hydrogen-bond donors (Lipinski definition) is 1. The van der Waals surface area contributed by atoms with Crippen LogP contribution in [0.5, 0.6) is 0 Å². The summed E-state index contributed by atoms with van der Waals surface area (Å²) in [6.07, 6.45) is 5.09. The van der Waals surface area contributed by atoms with Crippen LogP contribution in [0.4, 0.5) is 0 Å². The molecule has 1 aromatic heterocycles. The number of hydrogen-bond acceptors (Lipinski definition) is 5. The van der Waals surface area contributed by atoms with E-state index < -0.39 is 0 Å². The summed E-state index contributed by atoms with van der Waals surface area (Å²) in [4.78, 5) is 13.5. The molecule has 1 fully saturated rings. The van der Waals surface area contributed by atoms with Crippen LogP contribution >= 0.6 is 0 Å². The van der Waals surface area contributed by atoms with Gasteiger partial charge >= 0.3 is 0 Å². The molecular formula is C17H28N4O3. The van der Waals surface area contributed by atoms with Crippen molar-refractivity contribution in [3.8, 4) is 0 Å². The largest absolute Gasteiger partial charge is 0.381 e. The summed E-state index contributed by atoms with van der Waals surface area (Å²) in [5.41, 5.74) is 2.18. The summed E-state index contributed by atoms with van der Waals surface area (Å²) >= 11 is 0. The van der Waals surface area contributed by atoms with Gasteiger partial charge in [0.15, 0.2) is 0 Å². The fourth-order valence-electron chi connectivity index (χ4n) is 3.22. The average Bonchev–Trinajstić information content (AvgIpc) is 2.99. The molecule has 0 unspecified atom stereocenters. The molecular weight excluding hydrogens is 308 g/mol. The predicted octanol–water partition coefficient (Wildman–Crippen LogP) is 0.601. The average molecular weight is 336 g/mol. The van der Waals surface area contributed by atoms with E-state index in [1.807, 2.05) is 6.20 Å². The van der Waals surface area contributed by atoms with Gasteiger partial charge in [-0.3, -0.25) is 9.48 Å². The molecule has 2 aliphatic heterocycles. The predicted molar refractivity (Wildman–Crippen MR) is 89.7 cm³/mol. The first kappa shape index (κ1) is 17.4. The van der Waals surface area contributed by atoms with Crippen molar-refractivity contribution in [1.82, 2.24) is 20.0 Å². The maximum atomic E-state index is 11.9. The number of aromatic nitrogens is 2. The molecule has 3 rings (SSSR count). The van der Waals surface area contributed by atoms with Gasteiger partial charge in [0, 0.05) is 40.1 Å². The SMILES string of the molecule is CN(C)C(=O)Cn1cc2c(n1)[C@@H](CNCC1CCOCC1)OCC2. The lowest BCUT2D eigenvalue weighted by atomic mass is 10.00. The van der Waals surface area contributed by atoms with E-state index in [9.17, 15) is 4.79 Å². The molecule has 2 aliphatic rings. The molecule has 0 aromatic carbocycles. The summed E-state index contributed by atoms with van der Waals surface area (Å²) in [5.74, 6) is 0.738. The van der Waals surface area contributed by atoms with Gasteiger partial charge in [-0.2, -0.15) is 5.10 Å². The van der Waals surface area contributed by atoms with Gasteiger partial charge in [-0.05, 0) is 37.3 Å². The smallest absolute Gasteiger partial charge is 0.243 e. The van der Waals surface area contributed by atoms with Crippen LogP contribution in [0.25, 0.3) is 0 Å². The van der Waals surface area contributed by atoms with Gasteiger partial charge < -0.3 is 19.7 Å². The van der Waals surface area contributed by atoms with Crippen molar-refractivity contribution in [3.63, 3.8) is 0 Å². The first-order chi connectivity index (χ1) is 11.6. The van der Waals surface area contributed by atoms with E-state index in [0.717, 1.165) is 51.3 Å². The van der Waals surface area contributed by atoms with Crippen molar-refractivity contribution in [2.24, 2.45) is 5.92 Å². The minimum atomic E-state index is -0.0238. The molecule has 1 amide bonds. The number of amides is 1. The van der Waals surface area contributed by atoms with Crippen molar-refractivity contribution in [2.45, 2.75) is 31.9 Å². The number of fused-ring (bicyclic) bond motifs is 1. The lowest BCUT2D eigenvalue weighted by molar-refractivity contribution is -0.129. The van der Waals surface area contributed by atoms with Crippen LogP contribution in [0.2, 0.25) is 0 Å². The van der Waals surface area contributed by atoms with Crippen molar-refractivity contribution in [3.05, 3.63) is 17.5 Å². The molecule has 24 heavy (non-hydrogen) atoms. The third kappa shape index (κ3) is 4.34. The van der Waals surface area contributed by atoms with E-state index in [-0.39, 0.29) is 18.6 Å². The van der Waals surface area contributed by atoms with Crippen LogP contribution < -0.4 is 5.32 Å². The normalized spacial score (nSPS) is 21.5. The van der Waals surface area contributed by atoms with E-state index >= 15 is 0 Å². The van der Waals surface area contributed by atoms with Gasteiger partial charge in [-0.25, -0.2) is 0 Å². The Morgan fingerprint density at radius 2 is 2.12 bits per heavy atom. The molecule has 134 valence electrons. The molecule has 1 N–H and O–H groups in total. The van der Waals surface area contributed by atoms with Gasteiger partial charge in [-0.15, -0.1) is 0 Å². The van der Waals surface area contributed by atoms with Crippen molar-refractivity contribution in [2.75, 3.05) is 47.0 Å². The Morgan fingerprint density at radius 3 is 2.88 bits per heavy atom. The molecule has 1 saturated heterocycles. The van der Waals surface area contributed by atoms with Crippen LogP contribution in [0.3, 0.4) is 0 Å². The number of carbonyl (C=O) groups excluding carboxylic acids is 1. The Hall–Kier alpha value is -1.44. The molecule has 0 bridgehead atoms. The molecule has 7 heteroatoms. The zero-order valence-electron chi connectivity index (χ0n) is 14.7. The summed E-state index contributed by atoms with van der Waals surface area (Å²) in [7, 11) is 3.52. The molecule has 0 radical (unpaired) electrons. The molecule has 1 atom stereocenters. The number of nitrogens with zero attached hydrogens (tertiary/aromatic N) is 3. The number of likely N-dealkylation sites (N-methyl/N-ethyl adjacent to an activating group) is 1. The highest BCUT2D eigenvalue weighted by atomic mass is 16.5. The first-order valence-electron chi connectivity index (χ1n) is 8.80. The van der Waals surface area contributed by atoms with Gasteiger partial charge in [0.05, 0.1) is 12.3 Å². The number of nitrogens with one attached hydrogen (secondary N) is 1. The van der Waals surface area contributed by atoms with Gasteiger partial charge in [-0.1, -0.05) is 0 Å². The van der Waals surface area contributed by atoms with E-state index in [2.05, 4.69) is 10.4 Å². The fourth-order valence-corrected chi connectivity index (χ4v) is 3.22. The van der Waals surface area contributed by atoms with Gasteiger partial charge in [0.2, 0.25) is 5.91 Å². The molecule has 7 nitrogen and oxygen atoms in total. The maximum Gasteiger partial charge on any atom is 0.243 e. The van der Waals surface area contributed by atoms with E-state index in [1.165, 1.54) is 5.56 Å². The third-order valence-electron chi connectivity index (χ3n) is 4.77. The first-order valence-corrected chi connectivity index (χ1v) is 8.80. The highest BCUT2D eigenvalue weighted by Gasteiger charge is 2.25. The number of carbonyl (C=O) groups is 1. The quantitative estimate of drug-likeness (QED) is 0.824. The molecule has 0 aliphatic carbocycles. The Bertz CT molecular complexity index is 552. The minimum Gasteiger partial charge on any atom is -0.381 e. The van der Waals surface area contributed by atoms with E-state index in [1.54, 1.807) is 23.7 Å². The Balaban J connectivity index is 1.55. The summed E-state index contributed by atoms with van der Waals surface area (Å²) in [6.45, 7) is 4.51. The summed E-state index contributed by atoms with van der Waals surface area (Å²) < 4.78 is 13.0. The van der Waals surface area contributed by atoms with Crippen LogP contribution in [0, 0.1) is 5.92 Å². The van der Waals surface area contributed by atoms with Crippen molar-refractivity contribution < 1.29 is 14.3 Å². The van der Waals surface area contributed by atoms with Gasteiger partial charge in [0.1, 0.15) is 12.6 Å². The van der Waals surface area contributed by atoms with Crippen LogP contribution in [0.15, 0.2) is 6.20 Å². The monoisotopic (exact) mass is 336 g/mol. The highest BCUT2D eigenvalue weighted by molar-refractivity contribution is 5.75. The topological polar surface area (TPSA) is 68.6 Å². The molecule has 0 spiro atoms. The van der Waals surface area contributed by atoms with E-state index in [0.29, 0.717) is 12.5 Å². The maximum absolute atomic E-state index is 11.9. The second-order valence-corrected chi connectivity index (χ2v) is 6.85. The zero-order valence-corrected chi connectivity index (χ0v) is 14.7. The second-order valence-electron chi connectivity index (χ2n) is 6.85. The van der Waals surface area contributed by atoms with Crippen LogP contribution in [-0.2, 0) is 27.2 Å². The molecule has 1 aromatic rings. The summed E-state index contributed by atoms with van der Waals surface area (Å²) in [5, 5.41) is 8.13. The van der Waals surface area contributed by atoms with Crippen LogP contribution in [-0.4, -0.2) is 67.6 Å². The van der Waals surface area contributed by atoms with Crippen molar-refractivity contribution in [1.29, 1.82) is 0 Å². The molecule has 3 heterocycles. The van der Waals surface area contributed by atoms with Crippen LogP contribution in [0.1, 0.15) is 30.2 Å². The number of rotatable bonds is 6. The van der Waals surface area contributed by atoms with Gasteiger partial charge in [0.25, 0.3) is 0 Å². The number of ether oxygens (including phenoxy) is 2. The zero-order chi connectivity index (χ0) is 16.9. The minimum absolute atomic E-state index is 0.0238. The lowest BCUT2D eigenvalue weighted by Crippen LogP contribution is -2.33. The van der Waals surface area contributed by atoms with Crippen molar-refractivity contribution >= 4 is 5.91 Å². The summed E-state index contributed by atoms with van der Waals surface area (Å²) in [6, 6.07) is 0. The Kier molecular flexibility index (Phi) is 5.86. The van der Waals surface area contributed by atoms with E-state index in [4.69, 9.17) is 9.47 Å².